The second-order valence-electron chi connectivity index (χ2n) is 5.60. The highest BCUT2D eigenvalue weighted by Gasteiger charge is 2.21. The van der Waals surface area contributed by atoms with Crippen molar-refractivity contribution in [2.45, 2.75) is 52.1 Å². The van der Waals surface area contributed by atoms with Crippen molar-refractivity contribution in [2.75, 3.05) is 6.54 Å². The van der Waals surface area contributed by atoms with Gasteiger partial charge in [-0.2, -0.15) is 5.10 Å². The minimum atomic E-state index is -0.181. The van der Waals surface area contributed by atoms with Gasteiger partial charge >= 0.3 is 0 Å². The molecule has 1 amide bonds. The van der Waals surface area contributed by atoms with E-state index in [1.807, 2.05) is 38.6 Å². The molecular formula is C14H26N4O. The lowest BCUT2D eigenvalue weighted by Gasteiger charge is -2.26. The maximum atomic E-state index is 12.0. The van der Waals surface area contributed by atoms with Crippen LogP contribution in [-0.2, 0) is 18.3 Å². The smallest absolute Gasteiger partial charge is 0.237 e. The number of nitrogens with zero attached hydrogens (tertiary/aromatic N) is 2. The molecule has 108 valence electrons. The van der Waals surface area contributed by atoms with E-state index in [1.54, 1.807) is 6.20 Å². The quantitative estimate of drug-likeness (QED) is 0.781. The van der Waals surface area contributed by atoms with Crippen LogP contribution < -0.4 is 10.6 Å². The normalized spacial score (nSPS) is 13.3. The second kappa shape index (κ2) is 6.70. The molecule has 1 atom stereocenters. The molecule has 19 heavy (non-hydrogen) atoms. The van der Waals surface area contributed by atoms with Gasteiger partial charge in [-0.15, -0.1) is 0 Å². The lowest BCUT2D eigenvalue weighted by atomic mass is 10.0. The third-order valence-electron chi connectivity index (χ3n) is 3.49. The first-order chi connectivity index (χ1) is 8.85. The van der Waals surface area contributed by atoms with Crippen LogP contribution in [0.15, 0.2) is 12.3 Å². The topological polar surface area (TPSA) is 59.0 Å². The first kappa shape index (κ1) is 15.7. The van der Waals surface area contributed by atoms with Crippen molar-refractivity contribution >= 4 is 5.91 Å². The molecule has 1 aromatic rings. The molecule has 0 aliphatic rings. The van der Waals surface area contributed by atoms with Crippen molar-refractivity contribution in [3.63, 3.8) is 0 Å². The molecule has 0 saturated heterocycles. The minimum Gasteiger partial charge on any atom is -0.350 e. The summed E-state index contributed by atoms with van der Waals surface area (Å²) in [4.78, 5) is 12.0. The van der Waals surface area contributed by atoms with Crippen LogP contribution in [0, 0.1) is 0 Å². The van der Waals surface area contributed by atoms with Crippen molar-refractivity contribution in [2.24, 2.45) is 7.05 Å². The van der Waals surface area contributed by atoms with E-state index >= 15 is 0 Å². The Morgan fingerprint density at radius 3 is 2.74 bits per heavy atom. The van der Waals surface area contributed by atoms with Crippen molar-refractivity contribution in [1.82, 2.24) is 20.4 Å². The van der Waals surface area contributed by atoms with E-state index in [0.717, 1.165) is 25.1 Å². The van der Waals surface area contributed by atoms with Gasteiger partial charge < -0.3 is 10.6 Å². The van der Waals surface area contributed by atoms with Crippen LogP contribution >= 0.6 is 0 Å². The Morgan fingerprint density at radius 1 is 1.53 bits per heavy atom. The summed E-state index contributed by atoms with van der Waals surface area (Å²) < 4.78 is 1.85. The second-order valence-corrected chi connectivity index (χ2v) is 5.60. The Hall–Kier alpha value is -1.36. The number of nitrogens with one attached hydrogen (secondary N) is 2. The largest absolute Gasteiger partial charge is 0.350 e. The maximum absolute atomic E-state index is 12.0. The Kier molecular flexibility index (Phi) is 5.54. The lowest BCUT2D eigenvalue weighted by Crippen LogP contribution is -2.51. The number of aromatic nitrogens is 2. The van der Waals surface area contributed by atoms with Gasteiger partial charge in [-0.25, -0.2) is 0 Å². The summed E-state index contributed by atoms with van der Waals surface area (Å²) in [5, 5.41) is 10.4. The number of carbonyl (C=O) groups excluding carboxylic acids is 1. The Bertz CT molecular complexity index is 411. The number of rotatable bonds is 7. The van der Waals surface area contributed by atoms with Crippen molar-refractivity contribution in [3.05, 3.63) is 18.0 Å². The molecule has 5 heteroatoms. The molecule has 0 saturated carbocycles. The molecule has 0 bridgehead atoms. The summed E-state index contributed by atoms with van der Waals surface area (Å²) in [7, 11) is 1.93. The summed E-state index contributed by atoms with van der Waals surface area (Å²) >= 11 is 0. The fourth-order valence-electron chi connectivity index (χ4n) is 1.69. The Labute approximate surface area is 115 Å². The van der Waals surface area contributed by atoms with Crippen LogP contribution in [0.3, 0.4) is 0 Å². The SMILES string of the molecule is CCC(C)(C)NC(=O)C(C)NCCc1ccnn1C. The van der Waals surface area contributed by atoms with Crippen LogP contribution in [-0.4, -0.2) is 33.8 Å². The number of amides is 1. The Balaban J connectivity index is 2.33. The van der Waals surface area contributed by atoms with E-state index in [0.29, 0.717) is 0 Å². The highest BCUT2D eigenvalue weighted by Crippen LogP contribution is 2.07. The molecule has 1 aromatic heterocycles. The van der Waals surface area contributed by atoms with Crippen LogP contribution in [0.4, 0.5) is 0 Å². The van der Waals surface area contributed by atoms with Crippen LogP contribution in [0.1, 0.15) is 39.8 Å². The van der Waals surface area contributed by atoms with E-state index in [2.05, 4.69) is 22.7 Å². The molecule has 0 aliphatic carbocycles. The van der Waals surface area contributed by atoms with Gasteiger partial charge in [0, 0.05) is 37.4 Å². The zero-order valence-corrected chi connectivity index (χ0v) is 12.7. The number of carbonyl (C=O) groups is 1. The molecule has 0 spiro atoms. The average molecular weight is 266 g/mol. The molecule has 5 nitrogen and oxygen atoms in total. The van der Waals surface area contributed by atoms with E-state index in [4.69, 9.17) is 0 Å². The lowest BCUT2D eigenvalue weighted by molar-refractivity contribution is -0.124. The number of hydrogen-bond donors (Lipinski definition) is 2. The van der Waals surface area contributed by atoms with Gasteiger partial charge in [-0.1, -0.05) is 6.92 Å². The molecule has 1 unspecified atom stereocenters. The molecule has 0 fully saturated rings. The third kappa shape index (κ3) is 5.03. The average Bonchev–Trinajstić information content (AvgIpc) is 2.74. The summed E-state index contributed by atoms with van der Waals surface area (Å²) in [6.45, 7) is 8.80. The van der Waals surface area contributed by atoms with E-state index in [1.165, 1.54) is 0 Å². The molecule has 1 rings (SSSR count). The van der Waals surface area contributed by atoms with Gasteiger partial charge in [0.2, 0.25) is 5.91 Å². The van der Waals surface area contributed by atoms with Crippen molar-refractivity contribution < 1.29 is 4.79 Å². The van der Waals surface area contributed by atoms with Crippen molar-refractivity contribution in [3.8, 4) is 0 Å². The molecule has 0 aliphatic heterocycles. The van der Waals surface area contributed by atoms with E-state index in [9.17, 15) is 4.79 Å². The van der Waals surface area contributed by atoms with Gasteiger partial charge in [0.25, 0.3) is 0 Å². The van der Waals surface area contributed by atoms with Gasteiger partial charge in [0.05, 0.1) is 6.04 Å². The van der Waals surface area contributed by atoms with E-state index in [-0.39, 0.29) is 17.5 Å². The third-order valence-corrected chi connectivity index (χ3v) is 3.49. The van der Waals surface area contributed by atoms with Gasteiger partial charge in [0.1, 0.15) is 0 Å². The van der Waals surface area contributed by atoms with Crippen LogP contribution in [0.5, 0.6) is 0 Å². The van der Waals surface area contributed by atoms with Gasteiger partial charge in [0.15, 0.2) is 0 Å². The highest BCUT2D eigenvalue weighted by atomic mass is 16.2. The van der Waals surface area contributed by atoms with Crippen LogP contribution in [0.25, 0.3) is 0 Å². The zero-order valence-electron chi connectivity index (χ0n) is 12.7. The first-order valence-corrected chi connectivity index (χ1v) is 6.88. The van der Waals surface area contributed by atoms with Crippen molar-refractivity contribution in [1.29, 1.82) is 0 Å². The predicted octanol–water partition coefficient (Wildman–Crippen LogP) is 1.25. The maximum Gasteiger partial charge on any atom is 0.237 e. The summed E-state index contributed by atoms with van der Waals surface area (Å²) in [6, 6.07) is 1.81. The summed E-state index contributed by atoms with van der Waals surface area (Å²) in [5.74, 6) is 0.0526. The number of hydrogen-bond acceptors (Lipinski definition) is 3. The monoisotopic (exact) mass is 266 g/mol. The standard InChI is InChI=1S/C14H26N4O/c1-6-14(3,4)17-13(19)11(2)15-9-7-12-8-10-16-18(12)5/h8,10-11,15H,6-7,9H2,1-5H3,(H,17,19). The van der Waals surface area contributed by atoms with E-state index < -0.39 is 0 Å². The molecule has 2 N–H and O–H groups in total. The molecule has 1 heterocycles. The van der Waals surface area contributed by atoms with Gasteiger partial charge in [-0.05, 0) is 33.3 Å². The first-order valence-electron chi connectivity index (χ1n) is 6.88. The number of aryl methyl sites for hydroxylation is 1. The summed E-state index contributed by atoms with van der Waals surface area (Å²) in [6.07, 6.45) is 3.57. The zero-order chi connectivity index (χ0) is 14.5. The highest BCUT2D eigenvalue weighted by molar-refractivity contribution is 5.81. The fourth-order valence-corrected chi connectivity index (χ4v) is 1.69. The minimum absolute atomic E-state index is 0.0526. The molecule has 0 aromatic carbocycles. The molecule has 0 radical (unpaired) electrons. The summed E-state index contributed by atoms with van der Waals surface area (Å²) in [5.41, 5.74) is 1.02. The predicted molar refractivity (Wildman–Crippen MR) is 76.9 cm³/mol. The van der Waals surface area contributed by atoms with Gasteiger partial charge in [-0.3, -0.25) is 9.48 Å². The Morgan fingerprint density at radius 2 is 2.21 bits per heavy atom. The fraction of sp³-hybridized carbons (Fsp3) is 0.714. The van der Waals surface area contributed by atoms with Crippen LogP contribution in [0.2, 0.25) is 0 Å². The molecular weight excluding hydrogens is 240 g/mol.